The third-order valence-corrected chi connectivity index (χ3v) is 2.03. The van der Waals surface area contributed by atoms with Crippen LogP contribution in [0.25, 0.3) is 10.9 Å². The van der Waals surface area contributed by atoms with Crippen LogP contribution in [-0.2, 0) is 0 Å². The van der Waals surface area contributed by atoms with Crippen molar-refractivity contribution < 1.29 is 0 Å². The summed E-state index contributed by atoms with van der Waals surface area (Å²) in [5, 5.41) is 4.26. The van der Waals surface area contributed by atoms with Gasteiger partial charge < -0.3 is 5.32 Å². The lowest BCUT2D eigenvalue weighted by atomic mass is 10.2. The number of hydrogen-bond acceptors (Lipinski definition) is 2. The molecule has 2 nitrogen and oxygen atoms in total. The number of terminal acetylenes is 1. The van der Waals surface area contributed by atoms with Crippen LogP contribution in [0.15, 0.2) is 36.5 Å². The Bertz CT molecular complexity index is 478. The molecule has 0 fully saturated rings. The number of para-hydroxylation sites is 1. The lowest BCUT2D eigenvalue weighted by molar-refractivity contribution is 1.35. The van der Waals surface area contributed by atoms with Crippen molar-refractivity contribution in [3.8, 4) is 12.3 Å². The van der Waals surface area contributed by atoms with Gasteiger partial charge in [-0.05, 0) is 12.1 Å². The molecule has 1 aromatic heterocycles. The Kier molecular flexibility index (Phi) is 2.33. The van der Waals surface area contributed by atoms with Gasteiger partial charge in [0, 0.05) is 17.3 Å². The van der Waals surface area contributed by atoms with E-state index in [-0.39, 0.29) is 0 Å². The summed E-state index contributed by atoms with van der Waals surface area (Å²) in [5.41, 5.74) is 2.02. The molecule has 0 amide bonds. The largest absolute Gasteiger partial charge is 0.374 e. The van der Waals surface area contributed by atoms with E-state index < -0.39 is 0 Å². The topological polar surface area (TPSA) is 24.9 Å². The van der Waals surface area contributed by atoms with Crippen LogP contribution < -0.4 is 5.32 Å². The molecule has 0 aliphatic carbocycles. The number of aromatic nitrogens is 1. The van der Waals surface area contributed by atoms with Gasteiger partial charge in [0.25, 0.3) is 0 Å². The third kappa shape index (κ3) is 1.53. The van der Waals surface area contributed by atoms with Crippen molar-refractivity contribution in [2.45, 2.75) is 0 Å². The number of benzene rings is 1. The maximum atomic E-state index is 5.19. The van der Waals surface area contributed by atoms with Crippen LogP contribution in [0, 0.1) is 12.3 Å². The van der Waals surface area contributed by atoms with Crippen molar-refractivity contribution in [1.82, 2.24) is 4.98 Å². The van der Waals surface area contributed by atoms with E-state index in [1.165, 1.54) is 0 Å². The molecular formula is C12H10N2. The Morgan fingerprint density at radius 1 is 1.29 bits per heavy atom. The Labute approximate surface area is 83.0 Å². The Hall–Kier alpha value is -2.01. The Morgan fingerprint density at radius 2 is 2.14 bits per heavy atom. The first-order chi connectivity index (χ1) is 6.92. The van der Waals surface area contributed by atoms with Crippen molar-refractivity contribution in [3.63, 3.8) is 0 Å². The number of nitrogens with one attached hydrogen (secondary N) is 1. The molecule has 0 unspecified atom stereocenters. The molecule has 0 radical (unpaired) electrons. The Balaban J connectivity index is 2.49. The van der Waals surface area contributed by atoms with Gasteiger partial charge in [0.1, 0.15) is 0 Å². The molecule has 0 aliphatic heterocycles. The predicted octanol–water partition coefficient (Wildman–Crippen LogP) is 2.28. The van der Waals surface area contributed by atoms with Crippen LogP contribution in [0.5, 0.6) is 0 Å². The number of fused-ring (bicyclic) bond motifs is 1. The summed E-state index contributed by atoms with van der Waals surface area (Å²) in [6.45, 7) is 0.536. The van der Waals surface area contributed by atoms with E-state index in [2.05, 4.69) is 16.2 Å². The van der Waals surface area contributed by atoms with Crippen molar-refractivity contribution in [2.75, 3.05) is 11.9 Å². The smallest absolute Gasteiger partial charge is 0.0763 e. The summed E-state index contributed by atoms with van der Waals surface area (Å²) in [6.07, 6.45) is 6.97. The van der Waals surface area contributed by atoms with Crippen LogP contribution in [-0.4, -0.2) is 11.5 Å². The first-order valence-corrected chi connectivity index (χ1v) is 4.43. The first-order valence-electron chi connectivity index (χ1n) is 4.43. The van der Waals surface area contributed by atoms with Crippen molar-refractivity contribution in [1.29, 1.82) is 0 Å². The second kappa shape index (κ2) is 3.80. The second-order valence-electron chi connectivity index (χ2n) is 2.93. The van der Waals surface area contributed by atoms with E-state index in [4.69, 9.17) is 6.42 Å². The van der Waals surface area contributed by atoms with Crippen molar-refractivity contribution in [2.24, 2.45) is 0 Å². The molecule has 0 saturated heterocycles. The molecule has 14 heavy (non-hydrogen) atoms. The van der Waals surface area contributed by atoms with E-state index in [9.17, 15) is 0 Å². The summed E-state index contributed by atoms with van der Waals surface area (Å²) in [4.78, 5) is 4.26. The molecule has 2 rings (SSSR count). The van der Waals surface area contributed by atoms with Gasteiger partial charge in [0.15, 0.2) is 0 Å². The van der Waals surface area contributed by atoms with Crippen LogP contribution in [0.3, 0.4) is 0 Å². The van der Waals surface area contributed by atoms with Crippen LogP contribution in [0.2, 0.25) is 0 Å². The molecule has 2 aromatic rings. The lowest BCUT2D eigenvalue weighted by Crippen LogP contribution is -1.99. The van der Waals surface area contributed by atoms with Gasteiger partial charge >= 0.3 is 0 Å². The monoisotopic (exact) mass is 182 g/mol. The number of hydrogen-bond donors (Lipinski definition) is 1. The van der Waals surface area contributed by atoms with E-state index >= 15 is 0 Å². The predicted molar refractivity (Wildman–Crippen MR) is 59.1 cm³/mol. The van der Waals surface area contributed by atoms with Gasteiger partial charge in [0.05, 0.1) is 12.1 Å². The molecule has 68 valence electrons. The molecule has 0 bridgehead atoms. The standard InChI is InChI=1S/C12H10N2/c1-2-8-13-12-7-9-14-11-6-4-3-5-10(11)12/h1,3-7,9H,8H2,(H,13,14). The molecule has 0 atom stereocenters. The number of pyridine rings is 1. The summed E-state index contributed by atoms with van der Waals surface area (Å²) < 4.78 is 0. The van der Waals surface area contributed by atoms with Gasteiger partial charge in [-0.25, -0.2) is 0 Å². The van der Waals surface area contributed by atoms with E-state index in [1.54, 1.807) is 6.20 Å². The van der Waals surface area contributed by atoms with E-state index in [0.717, 1.165) is 16.6 Å². The van der Waals surface area contributed by atoms with Crippen molar-refractivity contribution in [3.05, 3.63) is 36.5 Å². The van der Waals surface area contributed by atoms with E-state index in [0.29, 0.717) is 6.54 Å². The average Bonchev–Trinajstić information content (AvgIpc) is 2.26. The SMILES string of the molecule is C#CCNc1ccnc2ccccc12. The highest BCUT2D eigenvalue weighted by molar-refractivity contribution is 5.90. The molecule has 1 aromatic carbocycles. The summed E-state index contributed by atoms with van der Waals surface area (Å²) in [7, 11) is 0. The van der Waals surface area contributed by atoms with Crippen LogP contribution >= 0.6 is 0 Å². The maximum Gasteiger partial charge on any atom is 0.0763 e. The fourth-order valence-electron chi connectivity index (χ4n) is 1.40. The number of anilines is 1. The highest BCUT2D eigenvalue weighted by atomic mass is 14.9. The molecule has 0 aliphatic rings. The van der Waals surface area contributed by atoms with Crippen molar-refractivity contribution >= 4 is 16.6 Å². The molecule has 1 heterocycles. The summed E-state index contributed by atoms with van der Waals surface area (Å²) >= 11 is 0. The van der Waals surface area contributed by atoms with Gasteiger partial charge in [-0.15, -0.1) is 6.42 Å². The van der Waals surface area contributed by atoms with Crippen LogP contribution in [0.1, 0.15) is 0 Å². The molecule has 1 N–H and O–H groups in total. The quantitative estimate of drug-likeness (QED) is 0.721. The minimum absolute atomic E-state index is 0.536. The maximum absolute atomic E-state index is 5.19. The van der Waals surface area contributed by atoms with Crippen LogP contribution in [0.4, 0.5) is 5.69 Å². The fraction of sp³-hybridized carbons (Fsp3) is 0.0833. The summed E-state index contributed by atoms with van der Waals surface area (Å²) in [6, 6.07) is 9.91. The molecular weight excluding hydrogens is 172 g/mol. The average molecular weight is 182 g/mol. The zero-order chi connectivity index (χ0) is 9.80. The molecule has 2 heteroatoms. The minimum atomic E-state index is 0.536. The van der Waals surface area contributed by atoms with Gasteiger partial charge in [-0.1, -0.05) is 24.1 Å². The second-order valence-corrected chi connectivity index (χ2v) is 2.93. The zero-order valence-electron chi connectivity index (χ0n) is 7.70. The molecule has 0 saturated carbocycles. The fourth-order valence-corrected chi connectivity index (χ4v) is 1.40. The van der Waals surface area contributed by atoms with E-state index in [1.807, 2.05) is 30.3 Å². The van der Waals surface area contributed by atoms with Gasteiger partial charge in [0.2, 0.25) is 0 Å². The van der Waals surface area contributed by atoms with Gasteiger partial charge in [-0.3, -0.25) is 4.98 Å². The lowest BCUT2D eigenvalue weighted by Gasteiger charge is -2.05. The molecule has 0 spiro atoms. The number of rotatable bonds is 2. The first kappa shape index (κ1) is 8.58. The zero-order valence-corrected chi connectivity index (χ0v) is 7.70. The highest BCUT2D eigenvalue weighted by Gasteiger charge is 1.98. The highest BCUT2D eigenvalue weighted by Crippen LogP contribution is 2.20. The normalized spacial score (nSPS) is 9.64. The summed E-state index contributed by atoms with van der Waals surface area (Å²) in [5.74, 6) is 2.55. The number of nitrogens with zero attached hydrogens (tertiary/aromatic N) is 1. The third-order valence-electron chi connectivity index (χ3n) is 2.03. The Morgan fingerprint density at radius 3 is 3.00 bits per heavy atom. The minimum Gasteiger partial charge on any atom is -0.374 e. The van der Waals surface area contributed by atoms with Gasteiger partial charge in [-0.2, -0.15) is 0 Å².